The molecule has 0 aliphatic carbocycles. The van der Waals surface area contributed by atoms with Gasteiger partial charge in [-0.3, -0.25) is 14.2 Å². The lowest BCUT2D eigenvalue weighted by Gasteiger charge is -2.19. The molecule has 35 heavy (non-hydrogen) atoms. The Hall–Kier alpha value is -4.02. The predicted molar refractivity (Wildman–Crippen MR) is 131 cm³/mol. The molecule has 0 radical (unpaired) electrons. The van der Waals surface area contributed by atoms with Crippen LogP contribution in [-0.4, -0.2) is 30.7 Å². The van der Waals surface area contributed by atoms with Gasteiger partial charge in [0, 0.05) is 24.4 Å². The molecule has 3 aromatic carbocycles. The summed E-state index contributed by atoms with van der Waals surface area (Å²) in [4.78, 5) is 36.2. The average Bonchev–Trinajstić information content (AvgIpc) is 3.12. The first-order valence-corrected chi connectivity index (χ1v) is 12.2. The second-order valence-electron chi connectivity index (χ2n) is 8.04. The molecule has 1 amide bonds. The summed E-state index contributed by atoms with van der Waals surface area (Å²) in [5, 5.41) is 2.70. The number of ketones is 1. The monoisotopic (exact) mass is 493 g/mol. The van der Waals surface area contributed by atoms with Gasteiger partial charge in [0.2, 0.25) is 15.9 Å². The number of sulfonamides is 1. The molecule has 0 saturated carbocycles. The Balaban J connectivity index is 1.62. The first kappa shape index (κ1) is 24.1. The highest BCUT2D eigenvalue weighted by Crippen LogP contribution is 2.19. The van der Waals surface area contributed by atoms with Crippen LogP contribution in [0.25, 0.3) is 11.1 Å². The third-order valence-electron chi connectivity index (χ3n) is 5.53. The zero-order valence-corrected chi connectivity index (χ0v) is 19.8. The number of amides is 1. The van der Waals surface area contributed by atoms with Crippen molar-refractivity contribution in [1.82, 2.24) is 9.29 Å². The van der Waals surface area contributed by atoms with E-state index in [1.54, 1.807) is 48.5 Å². The molecule has 0 spiro atoms. The van der Waals surface area contributed by atoms with Gasteiger partial charge in [-0.2, -0.15) is 4.72 Å². The van der Waals surface area contributed by atoms with Crippen LogP contribution in [0.4, 0.5) is 5.69 Å². The molecule has 0 aliphatic heterocycles. The molecule has 1 atom stereocenters. The van der Waals surface area contributed by atoms with E-state index in [4.69, 9.17) is 4.42 Å². The fourth-order valence-corrected chi connectivity index (χ4v) is 4.80. The van der Waals surface area contributed by atoms with Gasteiger partial charge in [0.15, 0.2) is 11.4 Å². The fourth-order valence-electron chi connectivity index (χ4n) is 3.59. The molecule has 180 valence electrons. The summed E-state index contributed by atoms with van der Waals surface area (Å²) in [6, 6.07) is 18.2. The van der Waals surface area contributed by atoms with Crippen molar-refractivity contribution in [2.45, 2.75) is 24.3 Å². The Morgan fingerprint density at radius 3 is 2.34 bits per heavy atom. The Kier molecular flexibility index (Phi) is 6.68. The van der Waals surface area contributed by atoms with E-state index in [1.165, 1.54) is 36.7 Å². The van der Waals surface area contributed by atoms with Crippen molar-refractivity contribution >= 4 is 38.5 Å². The van der Waals surface area contributed by atoms with E-state index in [2.05, 4.69) is 10.0 Å². The summed E-state index contributed by atoms with van der Waals surface area (Å²) in [5.74, 6) is -1.29. The lowest BCUT2D eigenvalue weighted by Crippen LogP contribution is -2.45. The Morgan fingerprint density at radius 1 is 1.00 bits per heavy atom. The van der Waals surface area contributed by atoms with Crippen molar-refractivity contribution in [1.29, 1.82) is 0 Å². The van der Waals surface area contributed by atoms with Crippen molar-refractivity contribution in [2.24, 2.45) is 7.05 Å². The molecular weight excluding hydrogens is 470 g/mol. The van der Waals surface area contributed by atoms with Crippen LogP contribution >= 0.6 is 0 Å². The minimum absolute atomic E-state index is 0.0973. The number of benzene rings is 3. The van der Waals surface area contributed by atoms with Crippen molar-refractivity contribution in [2.75, 3.05) is 5.32 Å². The van der Waals surface area contributed by atoms with Gasteiger partial charge >= 0.3 is 5.76 Å². The molecule has 4 aromatic rings. The van der Waals surface area contributed by atoms with Crippen molar-refractivity contribution in [3.05, 3.63) is 94.5 Å². The van der Waals surface area contributed by atoms with Gasteiger partial charge in [0.25, 0.3) is 0 Å². The molecule has 1 aromatic heterocycles. The van der Waals surface area contributed by atoms with Crippen molar-refractivity contribution in [3.63, 3.8) is 0 Å². The van der Waals surface area contributed by atoms with E-state index in [-0.39, 0.29) is 22.7 Å². The number of fused-ring (bicyclic) bond motifs is 1. The maximum Gasteiger partial charge on any atom is 0.419 e. The maximum atomic E-state index is 13.2. The summed E-state index contributed by atoms with van der Waals surface area (Å²) in [6.07, 6.45) is 0.0973. The highest BCUT2D eigenvalue weighted by molar-refractivity contribution is 7.89. The van der Waals surface area contributed by atoms with Gasteiger partial charge in [0.05, 0.1) is 10.4 Å². The van der Waals surface area contributed by atoms with Crippen LogP contribution in [0.2, 0.25) is 0 Å². The van der Waals surface area contributed by atoms with Crippen LogP contribution in [0.15, 0.2) is 86.9 Å². The number of hydrogen-bond acceptors (Lipinski definition) is 6. The van der Waals surface area contributed by atoms with E-state index in [9.17, 15) is 22.8 Å². The summed E-state index contributed by atoms with van der Waals surface area (Å²) < 4.78 is 35.2. The van der Waals surface area contributed by atoms with E-state index in [0.717, 1.165) is 5.56 Å². The second kappa shape index (κ2) is 9.69. The number of anilines is 1. The Morgan fingerprint density at radius 2 is 1.69 bits per heavy atom. The van der Waals surface area contributed by atoms with Crippen LogP contribution in [0.5, 0.6) is 0 Å². The molecule has 10 heteroatoms. The first-order valence-electron chi connectivity index (χ1n) is 10.7. The van der Waals surface area contributed by atoms with Crippen LogP contribution < -0.4 is 15.8 Å². The van der Waals surface area contributed by atoms with E-state index in [1.807, 2.05) is 6.07 Å². The number of rotatable bonds is 8. The summed E-state index contributed by atoms with van der Waals surface area (Å²) in [6.45, 7) is 1.44. The van der Waals surface area contributed by atoms with Gasteiger partial charge in [-0.1, -0.05) is 30.3 Å². The fraction of sp³-hybridized carbons (Fsp3) is 0.160. The lowest BCUT2D eigenvalue weighted by molar-refractivity contribution is -0.117. The molecule has 1 unspecified atom stereocenters. The van der Waals surface area contributed by atoms with Gasteiger partial charge in [0.1, 0.15) is 6.04 Å². The predicted octanol–water partition coefficient (Wildman–Crippen LogP) is 2.86. The Bertz CT molecular complexity index is 1550. The van der Waals surface area contributed by atoms with Gasteiger partial charge in [-0.15, -0.1) is 0 Å². The third-order valence-corrected chi connectivity index (χ3v) is 7.00. The number of nitrogens with one attached hydrogen (secondary N) is 2. The number of carbonyl (C=O) groups is 2. The smallest absolute Gasteiger partial charge is 0.408 e. The number of Topliss-reactive ketones (excluding diaryl/α,β-unsaturated/α-hetero) is 1. The Labute approximate surface area is 201 Å². The highest BCUT2D eigenvalue weighted by Gasteiger charge is 2.27. The normalized spacial score (nSPS) is 12.4. The molecule has 0 saturated heterocycles. The van der Waals surface area contributed by atoms with Gasteiger partial charge in [-0.05, 0) is 55.3 Å². The second-order valence-corrected chi connectivity index (χ2v) is 9.76. The number of aryl methyl sites for hydroxylation is 1. The lowest BCUT2D eigenvalue weighted by atomic mass is 10.1. The average molecular weight is 494 g/mol. The van der Waals surface area contributed by atoms with Crippen molar-refractivity contribution < 1.29 is 22.4 Å². The molecule has 1 heterocycles. The molecular formula is C25H23N3O6S. The minimum Gasteiger partial charge on any atom is -0.408 e. The number of aromatic nitrogens is 1. The topological polar surface area (TPSA) is 127 Å². The molecule has 0 aliphatic rings. The summed E-state index contributed by atoms with van der Waals surface area (Å²) in [7, 11) is -2.64. The molecule has 0 bridgehead atoms. The van der Waals surface area contributed by atoms with Gasteiger partial charge < -0.3 is 9.73 Å². The largest absolute Gasteiger partial charge is 0.419 e. The molecule has 9 nitrogen and oxygen atoms in total. The number of oxazole rings is 1. The quantitative estimate of drug-likeness (QED) is 0.363. The molecule has 4 rings (SSSR count). The van der Waals surface area contributed by atoms with Gasteiger partial charge in [-0.25, -0.2) is 13.2 Å². The highest BCUT2D eigenvalue weighted by atomic mass is 32.2. The van der Waals surface area contributed by atoms with Crippen LogP contribution in [-0.2, 0) is 28.3 Å². The third kappa shape index (κ3) is 5.39. The zero-order chi connectivity index (χ0) is 25.2. The summed E-state index contributed by atoms with van der Waals surface area (Å²) in [5.41, 5.74) is 2.24. The molecule has 2 N–H and O–H groups in total. The van der Waals surface area contributed by atoms with Crippen LogP contribution in [0, 0.1) is 0 Å². The van der Waals surface area contributed by atoms with Crippen LogP contribution in [0.3, 0.4) is 0 Å². The number of hydrogen-bond donors (Lipinski definition) is 2. The van der Waals surface area contributed by atoms with E-state index in [0.29, 0.717) is 16.8 Å². The summed E-state index contributed by atoms with van der Waals surface area (Å²) >= 11 is 0. The van der Waals surface area contributed by atoms with Crippen LogP contribution in [0.1, 0.15) is 22.8 Å². The minimum atomic E-state index is -4.16. The first-order chi connectivity index (χ1) is 16.6. The van der Waals surface area contributed by atoms with E-state index >= 15 is 0 Å². The number of nitrogens with zero attached hydrogens (tertiary/aromatic N) is 1. The molecule has 0 fully saturated rings. The standard InChI is InChI=1S/C25H23N3O6S/c1-16(29)18-8-10-19(11-9-18)26-24(30)21(14-17-6-4-3-5-7-17)27-35(32,33)20-12-13-22-23(15-20)34-25(31)28(22)2/h3-13,15,21,27H,14H2,1-2H3,(H,26,30). The SMILES string of the molecule is CC(=O)c1ccc(NC(=O)C(Cc2ccccc2)NS(=O)(=O)c2ccc3c(c2)oc(=O)n3C)cc1. The maximum absolute atomic E-state index is 13.2. The van der Waals surface area contributed by atoms with E-state index < -0.39 is 27.7 Å². The van der Waals surface area contributed by atoms with Crippen molar-refractivity contribution in [3.8, 4) is 0 Å². The number of carbonyl (C=O) groups excluding carboxylic acids is 2. The zero-order valence-electron chi connectivity index (χ0n) is 19.0.